The maximum absolute atomic E-state index is 5.39. The van der Waals surface area contributed by atoms with Gasteiger partial charge in [-0.1, -0.05) is 5.10 Å². The summed E-state index contributed by atoms with van der Waals surface area (Å²) in [5.41, 5.74) is 6.71. The summed E-state index contributed by atoms with van der Waals surface area (Å²) < 4.78 is 5.33. The molecule has 2 aromatic rings. The van der Waals surface area contributed by atoms with Gasteiger partial charge in [-0.15, -0.1) is 5.10 Å². The largest absolute Gasteiger partial charge is 0.408 e. The third-order valence-corrected chi connectivity index (χ3v) is 2.83. The maximum Gasteiger partial charge on any atom is 0.315 e. The van der Waals surface area contributed by atoms with Crippen molar-refractivity contribution < 1.29 is 4.42 Å². The number of nitrogens with zero attached hydrogens (tertiary/aromatic N) is 2. The number of nitrogens with two attached hydrogens (primary N) is 1. The average Bonchev–Trinajstić information content (AvgIpc) is 2.90. The molecule has 0 amide bonds. The van der Waals surface area contributed by atoms with E-state index in [0.717, 1.165) is 13.0 Å². The van der Waals surface area contributed by atoms with Crippen molar-refractivity contribution >= 4 is 17.4 Å². The number of anilines is 1. The van der Waals surface area contributed by atoms with Gasteiger partial charge in [0.05, 0.1) is 0 Å². The predicted octanol–water partition coefficient (Wildman–Crippen LogP) is 1.29. The Morgan fingerprint density at radius 2 is 2.31 bits per heavy atom. The molecule has 0 saturated carbocycles. The van der Waals surface area contributed by atoms with E-state index in [9.17, 15) is 0 Å². The lowest BCUT2D eigenvalue weighted by Gasteiger charge is -1.98. The molecule has 0 bridgehead atoms. The molecule has 0 fully saturated rings. The Balaban J connectivity index is 1.76. The van der Waals surface area contributed by atoms with E-state index in [2.05, 4.69) is 32.3 Å². The van der Waals surface area contributed by atoms with Crippen LogP contribution in [0.5, 0.6) is 0 Å². The van der Waals surface area contributed by atoms with E-state index < -0.39 is 0 Å². The van der Waals surface area contributed by atoms with Crippen LogP contribution in [0.25, 0.3) is 0 Å². The Morgan fingerprint density at radius 3 is 3.06 bits per heavy atom. The third-order valence-electron chi connectivity index (χ3n) is 2.10. The number of hydrogen-bond donors (Lipinski definition) is 2. The first-order valence-electron chi connectivity index (χ1n) is 5.16. The zero-order chi connectivity index (χ0) is 11.2. The number of nitrogens with one attached hydrogen (secondary N) is 1. The molecule has 0 radical (unpaired) electrons. The molecule has 0 atom stereocenters. The second-order valence-electron chi connectivity index (χ2n) is 3.35. The van der Waals surface area contributed by atoms with Gasteiger partial charge in [0, 0.05) is 19.5 Å². The van der Waals surface area contributed by atoms with Crippen LogP contribution in [-0.2, 0) is 12.8 Å². The fraction of sp³-hybridized carbons (Fsp3) is 0.400. The second-order valence-corrected chi connectivity index (χ2v) is 4.13. The van der Waals surface area contributed by atoms with Crippen LogP contribution in [0.3, 0.4) is 0 Å². The van der Waals surface area contributed by atoms with Gasteiger partial charge in [-0.2, -0.15) is 11.3 Å². The zero-order valence-corrected chi connectivity index (χ0v) is 9.67. The zero-order valence-electron chi connectivity index (χ0n) is 8.85. The monoisotopic (exact) mass is 238 g/mol. The minimum absolute atomic E-state index is 0.471. The second kappa shape index (κ2) is 5.62. The minimum atomic E-state index is 0.471. The number of rotatable bonds is 6. The van der Waals surface area contributed by atoms with Gasteiger partial charge >= 0.3 is 6.01 Å². The molecule has 86 valence electrons. The van der Waals surface area contributed by atoms with Gasteiger partial charge in [-0.25, -0.2) is 0 Å². The summed E-state index contributed by atoms with van der Waals surface area (Å²) in [4.78, 5) is 0. The molecule has 2 heterocycles. The van der Waals surface area contributed by atoms with Gasteiger partial charge in [0.2, 0.25) is 5.89 Å². The van der Waals surface area contributed by atoms with Crippen molar-refractivity contribution in [1.82, 2.24) is 10.2 Å². The van der Waals surface area contributed by atoms with E-state index in [1.807, 2.05) is 0 Å². The summed E-state index contributed by atoms with van der Waals surface area (Å²) in [6.07, 6.45) is 1.58. The minimum Gasteiger partial charge on any atom is -0.408 e. The molecule has 0 aliphatic carbocycles. The molecule has 0 spiro atoms. The third kappa shape index (κ3) is 3.04. The molecule has 0 aliphatic rings. The summed E-state index contributed by atoms with van der Waals surface area (Å²) in [6, 6.07) is 2.58. The molecule has 0 aliphatic heterocycles. The van der Waals surface area contributed by atoms with E-state index in [-0.39, 0.29) is 0 Å². The lowest BCUT2D eigenvalue weighted by atomic mass is 10.2. The first-order valence-corrected chi connectivity index (χ1v) is 6.10. The summed E-state index contributed by atoms with van der Waals surface area (Å²) in [5.74, 6) is 0.584. The van der Waals surface area contributed by atoms with Crippen molar-refractivity contribution in [2.75, 3.05) is 18.4 Å². The van der Waals surface area contributed by atoms with Crippen molar-refractivity contribution in [2.45, 2.75) is 12.8 Å². The smallest absolute Gasteiger partial charge is 0.315 e. The van der Waals surface area contributed by atoms with Crippen LogP contribution in [-0.4, -0.2) is 23.3 Å². The van der Waals surface area contributed by atoms with E-state index in [0.29, 0.717) is 24.9 Å². The molecule has 6 heteroatoms. The van der Waals surface area contributed by atoms with Crippen molar-refractivity contribution in [2.24, 2.45) is 5.73 Å². The summed E-state index contributed by atoms with van der Waals surface area (Å²) in [5, 5.41) is 15.0. The van der Waals surface area contributed by atoms with Crippen LogP contribution in [0.15, 0.2) is 21.2 Å². The Labute approximate surface area is 97.7 Å². The number of aromatic nitrogens is 2. The Kier molecular flexibility index (Phi) is 3.90. The number of hydrogen-bond acceptors (Lipinski definition) is 6. The maximum atomic E-state index is 5.39. The first kappa shape index (κ1) is 11.1. The van der Waals surface area contributed by atoms with Crippen molar-refractivity contribution in [3.05, 3.63) is 28.3 Å². The summed E-state index contributed by atoms with van der Waals surface area (Å²) in [7, 11) is 0. The molecule has 0 unspecified atom stereocenters. The summed E-state index contributed by atoms with van der Waals surface area (Å²) in [6.45, 7) is 1.32. The van der Waals surface area contributed by atoms with Crippen LogP contribution < -0.4 is 11.1 Å². The molecule has 2 aromatic heterocycles. The van der Waals surface area contributed by atoms with Crippen molar-refractivity contribution in [3.63, 3.8) is 0 Å². The van der Waals surface area contributed by atoms with Gasteiger partial charge in [0.15, 0.2) is 0 Å². The van der Waals surface area contributed by atoms with Crippen molar-refractivity contribution in [3.8, 4) is 0 Å². The predicted molar refractivity (Wildman–Crippen MR) is 63.6 cm³/mol. The van der Waals surface area contributed by atoms with E-state index in [1.54, 1.807) is 11.3 Å². The molecule has 0 aromatic carbocycles. The molecule has 0 saturated heterocycles. The fourth-order valence-electron chi connectivity index (χ4n) is 1.30. The quantitative estimate of drug-likeness (QED) is 0.793. The van der Waals surface area contributed by atoms with Gasteiger partial charge in [0.1, 0.15) is 0 Å². The molecular weight excluding hydrogens is 224 g/mol. The Bertz CT molecular complexity index is 412. The normalized spacial score (nSPS) is 10.6. The molecule has 5 nitrogen and oxygen atoms in total. The fourth-order valence-corrected chi connectivity index (χ4v) is 2.00. The molecular formula is C10H14N4OS. The summed E-state index contributed by atoms with van der Waals surface area (Å²) >= 11 is 1.70. The first-order chi connectivity index (χ1) is 7.88. The van der Waals surface area contributed by atoms with Crippen LogP contribution in [0.1, 0.15) is 11.5 Å². The highest BCUT2D eigenvalue weighted by atomic mass is 32.1. The van der Waals surface area contributed by atoms with Crippen molar-refractivity contribution in [1.29, 1.82) is 0 Å². The Morgan fingerprint density at radius 1 is 1.38 bits per heavy atom. The van der Waals surface area contributed by atoms with E-state index in [1.165, 1.54) is 5.56 Å². The lowest BCUT2D eigenvalue weighted by Crippen LogP contribution is -2.04. The molecule has 2 rings (SSSR count). The molecule has 3 N–H and O–H groups in total. The highest BCUT2D eigenvalue weighted by molar-refractivity contribution is 7.07. The molecule has 16 heavy (non-hydrogen) atoms. The standard InChI is InChI=1S/C10H14N4OS/c11-4-1-9-13-14-10(15-9)12-5-2-8-3-6-16-7-8/h3,6-7H,1-2,4-5,11H2,(H,12,14). The number of thiophene rings is 1. The van der Waals surface area contributed by atoms with E-state index in [4.69, 9.17) is 10.2 Å². The van der Waals surface area contributed by atoms with Crippen LogP contribution >= 0.6 is 11.3 Å². The lowest BCUT2D eigenvalue weighted by molar-refractivity contribution is 0.506. The SMILES string of the molecule is NCCc1nnc(NCCc2ccsc2)o1. The van der Waals surface area contributed by atoms with Gasteiger partial charge in [-0.05, 0) is 28.8 Å². The topological polar surface area (TPSA) is 77.0 Å². The van der Waals surface area contributed by atoms with Crippen LogP contribution in [0, 0.1) is 0 Å². The average molecular weight is 238 g/mol. The van der Waals surface area contributed by atoms with Gasteiger partial charge < -0.3 is 15.5 Å². The van der Waals surface area contributed by atoms with Gasteiger partial charge in [-0.3, -0.25) is 0 Å². The van der Waals surface area contributed by atoms with E-state index >= 15 is 0 Å². The highest BCUT2D eigenvalue weighted by Crippen LogP contribution is 2.08. The Hall–Kier alpha value is -1.40. The van der Waals surface area contributed by atoms with Gasteiger partial charge in [0.25, 0.3) is 0 Å². The van der Waals surface area contributed by atoms with Crippen LogP contribution in [0.4, 0.5) is 6.01 Å². The van der Waals surface area contributed by atoms with Crippen LogP contribution in [0.2, 0.25) is 0 Å². The highest BCUT2D eigenvalue weighted by Gasteiger charge is 2.03.